The molecular weight excluding hydrogens is 291 g/mol. The maximum atomic E-state index is 6.41. The van der Waals surface area contributed by atoms with E-state index in [1.54, 1.807) is 0 Å². The molecule has 20 heavy (non-hydrogen) atoms. The summed E-state index contributed by atoms with van der Waals surface area (Å²) >= 11 is 12.8. The molecule has 0 aliphatic heterocycles. The Morgan fingerprint density at radius 2 is 1.70 bits per heavy atom. The molecule has 3 aromatic rings. The Hall–Kier alpha value is -1.44. The van der Waals surface area contributed by atoms with Crippen molar-refractivity contribution in [3.8, 4) is 11.3 Å². The summed E-state index contributed by atoms with van der Waals surface area (Å²) in [4.78, 5) is 0. The number of para-hydroxylation sites is 1. The van der Waals surface area contributed by atoms with Crippen LogP contribution in [0.15, 0.2) is 46.9 Å². The van der Waals surface area contributed by atoms with Gasteiger partial charge in [0.25, 0.3) is 0 Å². The largest absolute Gasteiger partial charge is 0.456 e. The molecule has 0 saturated heterocycles. The summed E-state index contributed by atoms with van der Waals surface area (Å²) in [7, 11) is 0. The van der Waals surface area contributed by atoms with Crippen molar-refractivity contribution in [2.24, 2.45) is 0 Å². The van der Waals surface area contributed by atoms with E-state index >= 15 is 0 Å². The molecule has 0 radical (unpaired) electrons. The third kappa shape index (κ3) is 2.21. The number of benzene rings is 2. The minimum absolute atomic E-state index is 0.338. The van der Waals surface area contributed by atoms with Crippen molar-refractivity contribution in [3.05, 3.63) is 58.1 Å². The van der Waals surface area contributed by atoms with Gasteiger partial charge < -0.3 is 4.42 Å². The van der Waals surface area contributed by atoms with Gasteiger partial charge in [0.1, 0.15) is 11.3 Å². The zero-order valence-corrected chi connectivity index (χ0v) is 12.8. The molecule has 0 unspecified atom stereocenters. The molecule has 0 bridgehead atoms. The highest BCUT2D eigenvalue weighted by Gasteiger charge is 2.16. The van der Waals surface area contributed by atoms with Gasteiger partial charge in [-0.2, -0.15) is 0 Å². The van der Waals surface area contributed by atoms with E-state index < -0.39 is 0 Å². The maximum absolute atomic E-state index is 6.41. The third-order valence-corrected chi connectivity index (χ3v) is 4.32. The van der Waals surface area contributed by atoms with Gasteiger partial charge in [-0.25, -0.2) is 0 Å². The van der Waals surface area contributed by atoms with Crippen LogP contribution in [0, 0.1) is 0 Å². The van der Waals surface area contributed by atoms with Crippen molar-refractivity contribution in [1.29, 1.82) is 0 Å². The fourth-order valence-corrected chi connectivity index (χ4v) is 2.96. The van der Waals surface area contributed by atoms with E-state index in [1.165, 1.54) is 0 Å². The van der Waals surface area contributed by atoms with Gasteiger partial charge in [0.15, 0.2) is 0 Å². The molecule has 1 aromatic heterocycles. The fourth-order valence-electron chi connectivity index (χ4n) is 2.32. The SMILES string of the molecule is CC(C)c1ccc(-c2cc3ccccc3o2)c(Cl)c1Cl. The van der Waals surface area contributed by atoms with E-state index in [0.29, 0.717) is 16.0 Å². The molecule has 0 atom stereocenters. The molecule has 102 valence electrons. The fraction of sp³-hybridized carbons (Fsp3) is 0.176. The van der Waals surface area contributed by atoms with Crippen molar-refractivity contribution < 1.29 is 4.42 Å². The Balaban J connectivity index is 2.17. The van der Waals surface area contributed by atoms with Crippen LogP contribution in [0.4, 0.5) is 0 Å². The van der Waals surface area contributed by atoms with E-state index in [2.05, 4.69) is 13.8 Å². The van der Waals surface area contributed by atoms with Gasteiger partial charge in [-0.05, 0) is 29.7 Å². The van der Waals surface area contributed by atoms with Crippen molar-refractivity contribution in [1.82, 2.24) is 0 Å². The molecule has 0 saturated carbocycles. The lowest BCUT2D eigenvalue weighted by Crippen LogP contribution is -1.90. The summed E-state index contributed by atoms with van der Waals surface area (Å²) in [6.07, 6.45) is 0. The van der Waals surface area contributed by atoms with Crippen molar-refractivity contribution in [2.45, 2.75) is 19.8 Å². The van der Waals surface area contributed by atoms with Crippen LogP contribution in [0.1, 0.15) is 25.3 Å². The van der Waals surface area contributed by atoms with Crippen LogP contribution in [0.5, 0.6) is 0 Å². The summed E-state index contributed by atoms with van der Waals surface area (Å²) in [6, 6.07) is 13.9. The smallest absolute Gasteiger partial charge is 0.136 e. The summed E-state index contributed by atoms with van der Waals surface area (Å²) in [6.45, 7) is 4.19. The summed E-state index contributed by atoms with van der Waals surface area (Å²) in [5.74, 6) is 1.08. The Morgan fingerprint density at radius 3 is 2.40 bits per heavy atom. The van der Waals surface area contributed by atoms with Crippen LogP contribution in [0.25, 0.3) is 22.3 Å². The zero-order chi connectivity index (χ0) is 14.3. The van der Waals surface area contributed by atoms with Crippen LogP contribution in [0.3, 0.4) is 0 Å². The molecule has 1 heterocycles. The first-order valence-corrected chi connectivity index (χ1v) is 7.30. The Morgan fingerprint density at radius 1 is 0.950 bits per heavy atom. The van der Waals surface area contributed by atoms with Crippen LogP contribution in [-0.4, -0.2) is 0 Å². The molecule has 0 aliphatic rings. The van der Waals surface area contributed by atoms with E-state index in [9.17, 15) is 0 Å². The molecule has 1 nitrogen and oxygen atoms in total. The molecule has 2 aromatic carbocycles. The first kappa shape index (κ1) is 13.5. The second kappa shape index (κ2) is 5.16. The normalized spacial score (nSPS) is 11.4. The molecule has 3 rings (SSSR count). The molecular formula is C17H14Cl2O. The quantitative estimate of drug-likeness (QED) is 0.524. The molecule has 3 heteroatoms. The second-order valence-electron chi connectivity index (χ2n) is 5.13. The molecule has 0 aliphatic carbocycles. The highest BCUT2D eigenvalue weighted by Crippen LogP contribution is 2.39. The van der Waals surface area contributed by atoms with Crippen LogP contribution >= 0.6 is 23.2 Å². The second-order valence-corrected chi connectivity index (χ2v) is 5.89. The van der Waals surface area contributed by atoms with Crippen molar-refractivity contribution in [2.75, 3.05) is 0 Å². The number of hydrogen-bond acceptors (Lipinski definition) is 1. The number of furan rings is 1. The van der Waals surface area contributed by atoms with Gasteiger partial charge in [-0.15, -0.1) is 0 Å². The van der Waals surface area contributed by atoms with Crippen molar-refractivity contribution >= 4 is 34.2 Å². The van der Waals surface area contributed by atoms with Gasteiger partial charge >= 0.3 is 0 Å². The van der Waals surface area contributed by atoms with Gasteiger partial charge in [0, 0.05) is 10.9 Å². The van der Waals surface area contributed by atoms with E-state index in [1.807, 2.05) is 42.5 Å². The number of halogens is 2. The molecule has 0 amide bonds. The predicted molar refractivity (Wildman–Crippen MR) is 85.8 cm³/mol. The lowest BCUT2D eigenvalue weighted by Gasteiger charge is -2.11. The molecule has 0 N–H and O–H groups in total. The monoisotopic (exact) mass is 304 g/mol. The Kier molecular flexibility index (Phi) is 3.49. The van der Waals surface area contributed by atoms with E-state index in [0.717, 1.165) is 27.9 Å². The third-order valence-electron chi connectivity index (χ3n) is 3.43. The number of hydrogen-bond donors (Lipinski definition) is 0. The topological polar surface area (TPSA) is 13.1 Å². The minimum Gasteiger partial charge on any atom is -0.456 e. The standard InChI is InChI=1S/C17H14Cl2O/c1-10(2)12-7-8-13(17(19)16(12)18)15-9-11-5-3-4-6-14(11)20-15/h3-10H,1-2H3. The van der Waals surface area contributed by atoms with Gasteiger partial charge in [-0.3, -0.25) is 0 Å². The highest BCUT2D eigenvalue weighted by molar-refractivity contribution is 6.44. The average molecular weight is 305 g/mol. The van der Waals surface area contributed by atoms with E-state index in [4.69, 9.17) is 27.6 Å². The van der Waals surface area contributed by atoms with Crippen LogP contribution in [-0.2, 0) is 0 Å². The van der Waals surface area contributed by atoms with Gasteiger partial charge in [0.2, 0.25) is 0 Å². The van der Waals surface area contributed by atoms with Crippen LogP contribution in [0.2, 0.25) is 10.0 Å². The summed E-state index contributed by atoms with van der Waals surface area (Å²) in [5, 5.41) is 2.22. The minimum atomic E-state index is 0.338. The first-order chi connectivity index (χ1) is 9.58. The molecule has 0 fully saturated rings. The maximum Gasteiger partial charge on any atom is 0.136 e. The first-order valence-electron chi connectivity index (χ1n) is 6.54. The van der Waals surface area contributed by atoms with Crippen LogP contribution < -0.4 is 0 Å². The Labute approximate surface area is 128 Å². The summed E-state index contributed by atoms with van der Waals surface area (Å²) < 4.78 is 5.85. The van der Waals surface area contributed by atoms with E-state index in [-0.39, 0.29) is 0 Å². The average Bonchev–Trinajstić information content (AvgIpc) is 2.84. The molecule has 0 spiro atoms. The summed E-state index contributed by atoms with van der Waals surface area (Å²) in [5.41, 5.74) is 2.73. The lowest BCUT2D eigenvalue weighted by atomic mass is 10.0. The zero-order valence-electron chi connectivity index (χ0n) is 11.3. The van der Waals surface area contributed by atoms with Crippen molar-refractivity contribution in [3.63, 3.8) is 0 Å². The highest BCUT2D eigenvalue weighted by atomic mass is 35.5. The number of fused-ring (bicyclic) bond motifs is 1. The van der Waals surface area contributed by atoms with Gasteiger partial charge in [0.05, 0.1) is 10.0 Å². The Bertz CT molecular complexity index is 739. The lowest BCUT2D eigenvalue weighted by molar-refractivity contribution is 0.631. The predicted octanol–water partition coefficient (Wildman–Crippen LogP) is 6.53. The van der Waals surface area contributed by atoms with Gasteiger partial charge in [-0.1, -0.05) is 61.3 Å². The number of rotatable bonds is 2.